The summed E-state index contributed by atoms with van der Waals surface area (Å²) < 4.78 is 0. The van der Waals surface area contributed by atoms with Gasteiger partial charge in [-0.1, -0.05) is 0 Å². The number of nitrogens with two attached hydrogens (primary N) is 1. The lowest BCUT2D eigenvalue weighted by Crippen LogP contribution is -2.25. The molecule has 0 bridgehead atoms. The largest absolute Gasteiger partial charge is 0.330 e. The smallest absolute Gasteiger partial charge is 0.227 e. The molecule has 0 saturated carbocycles. The predicted octanol–water partition coefficient (Wildman–Crippen LogP) is 1.18. The number of carbonyl (C=O) groups is 1. The zero-order chi connectivity index (χ0) is 12.7. The van der Waals surface area contributed by atoms with Gasteiger partial charge in [0.2, 0.25) is 5.91 Å². The third-order valence-electron chi connectivity index (χ3n) is 3.58. The van der Waals surface area contributed by atoms with Crippen LogP contribution in [-0.2, 0) is 4.79 Å². The number of nitrogens with one attached hydrogen (secondary N) is 1. The Bertz CT molecular complexity index is 604. The van der Waals surface area contributed by atoms with Gasteiger partial charge in [0.15, 0.2) is 0 Å². The van der Waals surface area contributed by atoms with E-state index in [1.807, 2.05) is 25.1 Å². The Morgan fingerprint density at radius 2 is 2.39 bits per heavy atom. The number of fused-ring (bicyclic) bond motifs is 1. The minimum atomic E-state index is 0.150. The Balaban J connectivity index is 1.97. The summed E-state index contributed by atoms with van der Waals surface area (Å²) in [6, 6.07) is 5.93. The van der Waals surface area contributed by atoms with Gasteiger partial charge in [-0.2, -0.15) is 5.10 Å². The molecule has 1 aliphatic rings. The van der Waals surface area contributed by atoms with Crippen molar-refractivity contribution >= 4 is 22.5 Å². The molecule has 5 nitrogen and oxygen atoms in total. The van der Waals surface area contributed by atoms with Gasteiger partial charge in [0, 0.05) is 29.7 Å². The van der Waals surface area contributed by atoms with Crippen LogP contribution in [0.3, 0.4) is 0 Å². The second-order valence-electron chi connectivity index (χ2n) is 4.86. The third kappa shape index (κ3) is 1.67. The Morgan fingerprint density at radius 1 is 1.56 bits per heavy atom. The van der Waals surface area contributed by atoms with E-state index < -0.39 is 0 Å². The van der Waals surface area contributed by atoms with Gasteiger partial charge in [0.05, 0.1) is 5.52 Å². The number of aromatic amines is 1. The predicted molar refractivity (Wildman–Crippen MR) is 70.3 cm³/mol. The summed E-state index contributed by atoms with van der Waals surface area (Å²) in [7, 11) is 0. The molecule has 0 spiro atoms. The summed E-state index contributed by atoms with van der Waals surface area (Å²) >= 11 is 0. The SMILES string of the molecule is Cc1[nH]nc2cc(N3CC(CN)CC3=O)ccc12. The Kier molecular flexibility index (Phi) is 2.56. The third-order valence-corrected chi connectivity index (χ3v) is 3.58. The van der Waals surface area contributed by atoms with Crippen molar-refractivity contribution in [3.05, 3.63) is 23.9 Å². The maximum atomic E-state index is 11.9. The van der Waals surface area contributed by atoms with Gasteiger partial charge < -0.3 is 10.6 Å². The van der Waals surface area contributed by atoms with Crippen molar-refractivity contribution in [2.24, 2.45) is 11.7 Å². The van der Waals surface area contributed by atoms with Crippen molar-refractivity contribution < 1.29 is 4.79 Å². The lowest BCUT2D eigenvalue weighted by atomic mass is 10.1. The standard InChI is InChI=1S/C13H16N4O/c1-8-11-3-2-10(5-12(11)16-15-8)17-7-9(6-14)4-13(17)18/h2-3,5,9H,4,6-7,14H2,1H3,(H,15,16). The van der Waals surface area contributed by atoms with E-state index in [0.717, 1.165) is 22.3 Å². The number of hydrogen-bond acceptors (Lipinski definition) is 3. The van der Waals surface area contributed by atoms with Gasteiger partial charge in [-0.3, -0.25) is 9.89 Å². The number of H-pyrrole nitrogens is 1. The molecule has 2 heterocycles. The molecule has 0 aliphatic carbocycles. The molecule has 3 N–H and O–H groups in total. The Morgan fingerprint density at radius 3 is 3.11 bits per heavy atom. The van der Waals surface area contributed by atoms with E-state index in [-0.39, 0.29) is 11.8 Å². The molecular weight excluding hydrogens is 228 g/mol. The molecule has 5 heteroatoms. The second kappa shape index (κ2) is 4.10. The van der Waals surface area contributed by atoms with Crippen LogP contribution in [0.2, 0.25) is 0 Å². The minimum absolute atomic E-state index is 0.150. The number of aromatic nitrogens is 2. The molecule has 1 saturated heterocycles. The number of carbonyl (C=O) groups excluding carboxylic acids is 1. The monoisotopic (exact) mass is 244 g/mol. The maximum absolute atomic E-state index is 11.9. The molecule has 0 radical (unpaired) electrons. The first-order valence-corrected chi connectivity index (χ1v) is 6.14. The molecule has 1 unspecified atom stereocenters. The molecule has 18 heavy (non-hydrogen) atoms. The highest BCUT2D eigenvalue weighted by Crippen LogP contribution is 2.27. The van der Waals surface area contributed by atoms with Gasteiger partial charge in [-0.25, -0.2) is 0 Å². The summed E-state index contributed by atoms with van der Waals surface area (Å²) in [4.78, 5) is 13.7. The van der Waals surface area contributed by atoms with Crippen LogP contribution in [-0.4, -0.2) is 29.2 Å². The van der Waals surface area contributed by atoms with Crippen LogP contribution in [0.5, 0.6) is 0 Å². The first-order chi connectivity index (χ1) is 8.69. The highest BCUT2D eigenvalue weighted by atomic mass is 16.2. The fourth-order valence-electron chi connectivity index (χ4n) is 2.49. The van der Waals surface area contributed by atoms with Crippen LogP contribution < -0.4 is 10.6 Å². The van der Waals surface area contributed by atoms with E-state index >= 15 is 0 Å². The first-order valence-electron chi connectivity index (χ1n) is 6.14. The second-order valence-corrected chi connectivity index (χ2v) is 4.86. The number of hydrogen-bond donors (Lipinski definition) is 2. The summed E-state index contributed by atoms with van der Waals surface area (Å²) in [5.74, 6) is 0.422. The first kappa shape index (κ1) is 11.2. The van der Waals surface area contributed by atoms with Crippen LogP contribution in [0.15, 0.2) is 18.2 Å². The summed E-state index contributed by atoms with van der Waals surface area (Å²) in [5, 5.41) is 8.28. The molecular formula is C13H16N4O. The number of nitrogens with zero attached hydrogens (tertiary/aromatic N) is 2. The fraction of sp³-hybridized carbons (Fsp3) is 0.385. The Hall–Kier alpha value is -1.88. The van der Waals surface area contributed by atoms with Crippen molar-refractivity contribution in [3.8, 4) is 0 Å². The Labute approximate surface area is 105 Å². The zero-order valence-electron chi connectivity index (χ0n) is 10.3. The maximum Gasteiger partial charge on any atom is 0.227 e. The van der Waals surface area contributed by atoms with E-state index in [1.165, 1.54) is 0 Å². The summed E-state index contributed by atoms with van der Waals surface area (Å²) in [6.45, 7) is 3.26. The summed E-state index contributed by atoms with van der Waals surface area (Å²) in [6.07, 6.45) is 0.550. The topological polar surface area (TPSA) is 75.0 Å². The molecule has 1 aromatic heterocycles. The van der Waals surface area contributed by atoms with Crippen molar-refractivity contribution in [3.63, 3.8) is 0 Å². The van der Waals surface area contributed by atoms with Crippen molar-refractivity contribution in [1.29, 1.82) is 0 Å². The number of rotatable bonds is 2. The van der Waals surface area contributed by atoms with Crippen molar-refractivity contribution in [2.45, 2.75) is 13.3 Å². The quantitative estimate of drug-likeness (QED) is 0.833. The molecule has 94 valence electrons. The van der Waals surface area contributed by atoms with Crippen LogP contribution in [0.1, 0.15) is 12.1 Å². The van der Waals surface area contributed by atoms with Gasteiger partial charge >= 0.3 is 0 Å². The molecule has 1 aromatic carbocycles. The molecule has 1 aliphatic heterocycles. The number of aryl methyl sites for hydroxylation is 1. The van der Waals surface area contributed by atoms with Crippen molar-refractivity contribution in [1.82, 2.24) is 10.2 Å². The number of anilines is 1. The normalized spacial score (nSPS) is 20.0. The molecule has 3 rings (SSSR count). The lowest BCUT2D eigenvalue weighted by Gasteiger charge is -2.16. The molecule has 1 atom stereocenters. The average Bonchev–Trinajstić information content (AvgIpc) is 2.93. The lowest BCUT2D eigenvalue weighted by molar-refractivity contribution is -0.117. The van der Waals surface area contributed by atoms with E-state index in [9.17, 15) is 4.79 Å². The zero-order valence-corrected chi connectivity index (χ0v) is 10.3. The van der Waals surface area contributed by atoms with Crippen LogP contribution in [0.4, 0.5) is 5.69 Å². The van der Waals surface area contributed by atoms with E-state index in [2.05, 4.69) is 10.2 Å². The van der Waals surface area contributed by atoms with Crippen LogP contribution in [0.25, 0.3) is 10.9 Å². The fourth-order valence-corrected chi connectivity index (χ4v) is 2.49. The molecule has 2 aromatic rings. The van der Waals surface area contributed by atoms with E-state index in [4.69, 9.17) is 5.73 Å². The number of amides is 1. The van der Waals surface area contributed by atoms with Gasteiger partial charge in [-0.05, 0) is 37.6 Å². The molecule has 1 amide bonds. The van der Waals surface area contributed by atoms with Gasteiger partial charge in [-0.15, -0.1) is 0 Å². The van der Waals surface area contributed by atoms with Gasteiger partial charge in [0.1, 0.15) is 0 Å². The molecule has 1 fully saturated rings. The number of benzene rings is 1. The van der Waals surface area contributed by atoms with Gasteiger partial charge in [0.25, 0.3) is 0 Å². The minimum Gasteiger partial charge on any atom is -0.330 e. The highest BCUT2D eigenvalue weighted by molar-refractivity contribution is 5.97. The van der Waals surface area contributed by atoms with E-state index in [0.29, 0.717) is 19.5 Å². The highest BCUT2D eigenvalue weighted by Gasteiger charge is 2.29. The average molecular weight is 244 g/mol. The van der Waals surface area contributed by atoms with Crippen molar-refractivity contribution in [2.75, 3.05) is 18.0 Å². The van der Waals surface area contributed by atoms with Crippen LogP contribution in [0, 0.1) is 12.8 Å². The van der Waals surface area contributed by atoms with Crippen LogP contribution >= 0.6 is 0 Å². The van der Waals surface area contributed by atoms with E-state index in [1.54, 1.807) is 4.90 Å². The summed E-state index contributed by atoms with van der Waals surface area (Å²) in [5.41, 5.74) is 8.49.